The lowest BCUT2D eigenvalue weighted by atomic mass is 10.0. The van der Waals surface area contributed by atoms with E-state index in [0.29, 0.717) is 25.6 Å². The van der Waals surface area contributed by atoms with Crippen molar-refractivity contribution >= 4 is 11.8 Å². The minimum Gasteiger partial charge on any atom is -0.351 e. The standard InChI is InChI=1S/C20H17F2N3O3/c21-13-8-14(22)18(23-10-13)19(27)24-7-6-20-16(24)9-17(26)25(20)15(11-28-20)12-4-2-1-3-5-12/h1-5,8,10,15-16H,6-7,9,11H2/t15-,16+,20-/m0/s1. The molecule has 1 aromatic heterocycles. The molecule has 1 spiro atoms. The first-order valence-electron chi connectivity index (χ1n) is 9.14. The molecule has 0 N–H and O–H groups in total. The Kier molecular flexibility index (Phi) is 3.74. The number of hydrogen-bond acceptors (Lipinski definition) is 4. The molecule has 2 aromatic rings. The summed E-state index contributed by atoms with van der Waals surface area (Å²) in [5.74, 6) is -2.61. The van der Waals surface area contributed by atoms with Crippen LogP contribution < -0.4 is 0 Å². The second kappa shape index (κ2) is 6.07. The number of halogens is 2. The molecule has 5 rings (SSSR count). The third-order valence-electron chi connectivity index (χ3n) is 5.91. The molecule has 3 saturated heterocycles. The van der Waals surface area contributed by atoms with Gasteiger partial charge in [0, 0.05) is 19.0 Å². The Balaban J connectivity index is 1.47. The second-order valence-electron chi connectivity index (χ2n) is 7.30. The van der Waals surface area contributed by atoms with Crippen molar-refractivity contribution in [2.75, 3.05) is 13.2 Å². The average Bonchev–Trinajstić information content (AvgIpc) is 3.31. The number of aromatic nitrogens is 1. The van der Waals surface area contributed by atoms with Crippen molar-refractivity contribution in [1.82, 2.24) is 14.8 Å². The van der Waals surface area contributed by atoms with Crippen LogP contribution in [0.4, 0.5) is 8.78 Å². The molecule has 3 aliphatic rings. The van der Waals surface area contributed by atoms with Crippen LogP contribution in [-0.4, -0.2) is 51.5 Å². The van der Waals surface area contributed by atoms with Crippen LogP contribution in [0.25, 0.3) is 0 Å². The van der Waals surface area contributed by atoms with Crippen LogP contribution in [0.5, 0.6) is 0 Å². The van der Waals surface area contributed by atoms with Gasteiger partial charge in [-0.2, -0.15) is 0 Å². The zero-order chi connectivity index (χ0) is 19.5. The van der Waals surface area contributed by atoms with Crippen LogP contribution in [-0.2, 0) is 9.53 Å². The van der Waals surface area contributed by atoms with E-state index < -0.39 is 35.0 Å². The summed E-state index contributed by atoms with van der Waals surface area (Å²) in [7, 11) is 0. The van der Waals surface area contributed by atoms with Crippen LogP contribution >= 0.6 is 0 Å². The van der Waals surface area contributed by atoms with Gasteiger partial charge < -0.3 is 14.5 Å². The highest BCUT2D eigenvalue weighted by molar-refractivity contribution is 5.94. The summed E-state index contributed by atoms with van der Waals surface area (Å²) in [6, 6.07) is 9.52. The normalized spacial score (nSPS) is 28.6. The van der Waals surface area contributed by atoms with Crippen molar-refractivity contribution in [2.45, 2.75) is 30.7 Å². The summed E-state index contributed by atoms with van der Waals surface area (Å²) in [6.45, 7) is 0.657. The lowest BCUT2D eigenvalue weighted by Crippen LogP contribution is -2.49. The summed E-state index contributed by atoms with van der Waals surface area (Å²) >= 11 is 0. The highest BCUT2D eigenvalue weighted by atomic mass is 19.1. The molecular formula is C20H17F2N3O3. The van der Waals surface area contributed by atoms with Gasteiger partial charge in [-0.1, -0.05) is 30.3 Å². The van der Waals surface area contributed by atoms with Crippen molar-refractivity contribution in [3.63, 3.8) is 0 Å². The first-order chi connectivity index (χ1) is 13.5. The van der Waals surface area contributed by atoms with Crippen LogP contribution in [0.1, 0.15) is 34.9 Å². The zero-order valence-electron chi connectivity index (χ0n) is 14.8. The zero-order valence-corrected chi connectivity index (χ0v) is 14.8. The maximum atomic E-state index is 14.1. The average molecular weight is 385 g/mol. The Bertz CT molecular complexity index is 970. The van der Waals surface area contributed by atoms with Crippen molar-refractivity contribution in [1.29, 1.82) is 0 Å². The first kappa shape index (κ1) is 17.2. The molecule has 0 bridgehead atoms. The smallest absolute Gasteiger partial charge is 0.275 e. The van der Waals surface area contributed by atoms with Gasteiger partial charge in [0.2, 0.25) is 5.91 Å². The Hall–Kier alpha value is -2.87. The van der Waals surface area contributed by atoms with Gasteiger partial charge >= 0.3 is 0 Å². The lowest BCUT2D eigenvalue weighted by molar-refractivity contribution is -0.138. The van der Waals surface area contributed by atoms with E-state index in [1.165, 1.54) is 4.90 Å². The summed E-state index contributed by atoms with van der Waals surface area (Å²) in [5.41, 5.74) is -0.365. The summed E-state index contributed by atoms with van der Waals surface area (Å²) in [5, 5.41) is 0. The third kappa shape index (κ3) is 2.30. The number of amides is 2. The van der Waals surface area contributed by atoms with Crippen LogP contribution in [0.3, 0.4) is 0 Å². The third-order valence-corrected chi connectivity index (χ3v) is 5.91. The highest BCUT2D eigenvalue weighted by Gasteiger charge is 2.65. The topological polar surface area (TPSA) is 62.7 Å². The first-order valence-corrected chi connectivity index (χ1v) is 9.14. The SMILES string of the molecule is O=C(c1ncc(F)cc1F)N1CC[C@@]23OC[C@@H](c4ccccc4)N2C(=O)C[C@@H]13. The molecule has 28 heavy (non-hydrogen) atoms. The van der Waals surface area contributed by atoms with Gasteiger partial charge in [-0.3, -0.25) is 9.59 Å². The van der Waals surface area contributed by atoms with E-state index in [9.17, 15) is 18.4 Å². The highest BCUT2D eigenvalue weighted by Crippen LogP contribution is 2.51. The molecule has 0 radical (unpaired) electrons. The summed E-state index contributed by atoms with van der Waals surface area (Å²) < 4.78 is 33.3. The van der Waals surface area contributed by atoms with Gasteiger partial charge in [-0.15, -0.1) is 0 Å². The number of pyridine rings is 1. The minimum atomic E-state index is -1.01. The number of nitrogens with zero attached hydrogens (tertiary/aromatic N) is 3. The van der Waals surface area contributed by atoms with Crippen LogP contribution in [0.2, 0.25) is 0 Å². The van der Waals surface area contributed by atoms with E-state index in [0.717, 1.165) is 11.8 Å². The monoisotopic (exact) mass is 385 g/mol. The van der Waals surface area contributed by atoms with E-state index in [2.05, 4.69) is 4.98 Å². The Morgan fingerprint density at radius 1 is 1.25 bits per heavy atom. The maximum Gasteiger partial charge on any atom is 0.275 e. The summed E-state index contributed by atoms with van der Waals surface area (Å²) in [6.07, 6.45) is 1.37. The van der Waals surface area contributed by atoms with E-state index in [-0.39, 0.29) is 18.4 Å². The fourth-order valence-corrected chi connectivity index (χ4v) is 4.72. The molecule has 6 nitrogen and oxygen atoms in total. The molecule has 0 aliphatic carbocycles. The number of ether oxygens (including phenoxy) is 1. The predicted molar refractivity (Wildman–Crippen MR) is 92.9 cm³/mol. The van der Waals surface area contributed by atoms with Crippen LogP contribution in [0.15, 0.2) is 42.6 Å². The second-order valence-corrected chi connectivity index (χ2v) is 7.30. The Morgan fingerprint density at radius 2 is 2.04 bits per heavy atom. The molecule has 3 fully saturated rings. The van der Waals surface area contributed by atoms with Gasteiger partial charge in [0.15, 0.2) is 17.2 Å². The van der Waals surface area contributed by atoms with E-state index >= 15 is 0 Å². The van der Waals surface area contributed by atoms with E-state index in [1.807, 2.05) is 30.3 Å². The van der Waals surface area contributed by atoms with E-state index in [1.54, 1.807) is 4.90 Å². The Labute approximate surface area is 159 Å². The molecule has 1 aromatic carbocycles. The molecule has 4 heterocycles. The number of carbonyl (C=O) groups is 2. The van der Waals surface area contributed by atoms with E-state index in [4.69, 9.17) is 4.74 Å². The van der Waals surface area contributed by atoms with Crippen molar-refractivity contribution in [3.05, 3.63) is 65.5 Å². The number of rotatable bonds is 2. The summed E-state index contributed by atoms with van der Waals surface area (Å²) in [4.78, 5) is 32.5. The number of hydrogen-bond donors (Lipinski definition) is 0. The maximum absolute atomic E-state index is 14.1. The van der Waals surface area contributed by atoms with Crippen molar-refractivity contribution < 1.29 is 23.1 Å². The molecule has 144 valence electrons. The Morgan fingerprint density at radius 3 is 2.79 bits per heavy atom. The van der Waals surface area contributed by atoms with Crippen molar-refractivity contribution in [3.8, 4) is 0 Å². The molecule has 0 saturated carbocycles. The predicted octanol–water partition coefficient (Wildman–Crippen LogP) is 2.27. The van der Waals surface area contributed by atoms with Gasteiger partial charge in [-0.05, 0) is 5.56 Å². The van der Waals surface area contributed by atoms with Gasteiger partial charge in [0.1, 0.15) is 5.82 Å². The minimum absolute atomic E-state index is 0.0959. The van der Waals surface area contributed by atoms with Crippen LogP contribution in [0, 0.1) is 11.6 Å². The molecule has 2 amide bonds. The number of carbonyl (C=O) groups excluding carboxylic acids is 2. The largest absolute Gasteiger partial charge is 0.351 e. The quantitative estimate of drug-likeness (QED) is 0.796. The fraction of sp³-hybridized carbons (Fsp3) is 0.350. The van der Waals surface area contributed by atoms with Gasteiger partial charge in [0.05, 0.1) is 31.3 Å². The molecule has 3 atom stereocenters. The van der Waals surface area contributed by atoms with Crippen molar-refractivity contribution in [2.24, 2.45) is 0 Å². The number of likely N-dealkylation sites (tertiary alicyclic amines) is 1. The molecule has 0 unspecified atom stereocenters. The lowest BCUT2D eigenvalue weighted by Gasteiger charge is -2.33. The molecule has 3 aliphatic heterocycles. The fourth-order valence-electron chi connectivity index (χ4n) is 4.72. The van der Waals surface area contributed by atoms with Gasteiger partial charge in [0.25, 0.3) is 5.91 Å². The number of benzene rings is 1. The molecule has 8 heteroatoms. The molecular weight excluding hydrogens is 368 g/mol. The van der Waals surface area contributed by atoms with Gasteiger partial charge in [-0.25, -0.2) is 13.8 Å².